The molecule has 2 aliphatic heterocycles. The van der Waals surface area contributed by atoms with Gasteiger partial charge >= 0.3 is 5.97 Å². The van der Waals surface area contributed by atoms with Gasteiger partial charge in [-0.15, -0.1) is 0 Å². The number of amides is 2. The summed E-state index contributed by atoms with van der Waals surface area (Å²) in [4.78, 5) is 38.2. The molecule has 0 aromatic heterocycles. The van der Waals surface area contributed by atoms with E-state index in [1.807, 2.05) is 24.8 Å². The standard InChI is InChI=1S/C20H26N4O4/c1-13(2)19(26)23-10-8-14(9-11-23)21-18(25)16-12-17(20(27)28)24(22-16)15-6-4-3-5-7-15/h3-7,13-14,17H,8-12H2,1-2H3,(H,21,25)(H,27,28). The largest absolute Gasteiger partial charge is 0.480 e. The van der Waals surface area contributed by atoms with Crippen LogP contribution in [0.15, 0.2) is 35.4 Å². The monoisotopic (exact) mass is 386 g/mol. The van der Waals surface area contributed by atoms with E-state index in [1.54, 1.807) is 24.3 Å². The average molecular weight is 386 g/mol. The number of para-hydroxylation sites is 1. The SMILES string of the molecule is CC(C)C(=O)N1CCC(NC(=O)C2=NN(c3ccccc3)C(C(=O)O)C2)CC1. The third-order valence-electron chi connectivity index (χ3n) is 5.11. The molecule has 0 spiro atoms. The highest BCUT2D eigenvalue weighted by Crippen LogP contribution is 2.25. The number of hydrazone groups is 1. The molecule has 2 amide bonds. The Morgan fingerprint density at radius 2 is 1.79 bits per heavy atom. The van der Waals surface area contributed by atoms with Crippen molar-refractivity contribution >= 4 is 29.2 Å². The number of carbonyl (C=O) groups excluding carboxylic acids is 2. The van der Waals surface area contributed by atoms with Gasteiger partial charge in [0.15, 0.2) is 6.04 Å². The summed E-state index contributed by atoms with van der Waals surface area (Å²) < 4.78 is 0. The van der Waals surface area contributed by atoms with E-state index >= 15 is 0 Å². The molecule has 8 nitrogen and oxygen atoms in total. The highest BCUT2D eigenvalue weighted by atomic mass is 16.4. The third kappa shape index (κ3) is 4.32. The predicted octanol–water partition coefficient (Wildman–Crippen LogP) is 1.47. The molecule has 1 fully saturated rings. The zero-order valence-corrected chi connectivity index (χ0v) is 16.2. The fourth-order valence-electron chi connectivity index (χ4n) is 3.54. The quantitative estimate of drug-likeness (QED) is 0.798. The van der Waals surface area contributed by atoms with Crippen LogP contribution in [0.1, 0.15) is 33.1 Å². The van der Waals surface area contributed by atoms with Crippen LogP contribution in [0, 0.1) is 5.92 Å². The number of rotatable bonds is 5. The van der Waals surface area contributed by atoms with Gasteiger partial charge in [-0.3, -0.25) is 14.6 Å². The fourth-order valence-corrected chi connectivity index (χ4v) is 3.54. The molecule has 1 atom stereocenters. The maximum atomic E-state index is 12.6. The molecule has 1 aromatic rings. The lowest BCUT2D eigenvalue weighted by Gasteiger charge is -2.33. The number of hydrogen-bond acceptors (Lipinski definition) is 5. The number of nitrogens with zero attached hydrogens (tertiary/aromatic N) is 3. The Balaban J connectivity index is 1.62. The second-order valence-electron chi connectivity index (χ2n) is 7.51. The van der Waals surface area contributed by atoms with Gasteiger partial charge in [0, 0.05) is 31.5 Å². The maximum Gasteiger partial charge on any atom is 0.328 e. The van der Waals surface area contributed by atoms with Crippen LogP contribution in [0.3, 0.4) is 0 Å². The molecule has 28 heavy (non-hydrogen) atoms. The van der Waals surface area contributed by atoms with Crippen molar-refractivity contribution in [2.75, 3.05) is 18.1 Å². The number of carboxylic acids is 1. The van der Waals surface area contributed by atoms with Gasteiger partial charge in [0.25, 0.3) is 5.91 Å². The molecule has 1 saturated heterocycles. The molecule has 2 heterocycles. The van der Waals surface area contributed by atoms with Gasteiger partial charge in [-0.25, -0.2) is 4.79 Å². The second kappa shape index (κ2) is 8.41. The number of piperidine rings is 1. The molecule has 150 valence electrons. The zero-order valence-electron chi connectivity index (χ0n) is 16.2. The average Bonchev–Trinajstić information content (AvgIpc) is 3.14. The second-order valence-corrected chi connectivity index (χ2v) is 7.51. The number of carboxylic acid groups (broad SMARTS) is 1. The molecule has 0 aliphatic carbocycles. The first-order valence-corrected chi connectivity index (χ1v) is 9.61. The Hall–Kier alpha value is -2.90. The Kier molecular flexibility index (Phi) is 5.96. The Bertz CT molecular complexity index is 770. The van der Waals surface area contributed by atoms with Gasteiger partial charge in [-0.2, -0.15) is 5.10 Å². The molecular weight excluding hydrogens is 360 g/mol. The number of carbonyl (C=O) groups is 3. The highest BCUT2D eigenvalue weighted by molar-refractivity contribution is 6.40. The smallest absolute Gasteiger partial charge is 0.328 e. The zero-order chi connectivity index (χ0) is 20.3. The number of nitrogens with one attached hydrogen (secondary N) is 1. The molecule has 1 aromatic carbocycles. The van der Waals surface area contributed by atoms with E-state index in [2.05, 4.69) is 10.4 Å². The van der Waals surface area contributed by atoms with Crippen LogP contribution in [0.25, 0.3) is 0 Å². The topological polar surface area (TPSA) is 102 Å². The van der Waals surface area contributed by atoms with Crippen LogP contribution in [-0.2, 0) is 14.4 Å². The Labute approximate surface area is 164 Å². The van der Waals surface area contributed by atoms with Crippen LogP contribution < -0.4 is 10.3 Å². The van der Waals surface area contributed by atoms with E-state index in [0.717, 1.165) is 0 Å². The predicted molar refractivity (Wildman–Crippen MR) is 105 cm³/mol. The lowest BCUT2D eigenvalue weighted by molar-refractivity contribution is -0.138. The third-order valence-corrected chi connectivity index (χ3v) is 5.11. The molecule has 0 bridgehead atoms. The van der Waals surface area contributed by atoms with Crippen molar-refractivity contribution in [1.82, 2.24) is 10.2 Å². The van der Waals surface area contributed by atoms with E-state index < -0.39 is 12.0 Å². The van der Waals surface area contributed by atoms with Crippen molar-refractivity contribution in [3.8, 4) is 0 Å². The first kappa shape index (κ1) is 19.9. The minimum absolute atomic E-state index is 0.0316. The summed E-state index contributed by atoms with van der Waals surface area (Å²) in [6.45, 7) is 4.99. The summed E-state index contributed by atoms with van der Waals surface area (Å²) in [6.07, 6.45) is 1.42. The number of likely N-dealkylation sites (tertiary alicyclic amines) is 1. The van der Waals surface area contributed by atoms with Gasteiger partial charge in [0.2, 0.25) is 5.91 Å². The first-order valence-electron chi connectivity index (χ1n) is 9.61. The van der Waals surface area contributed by atoms with Gasteiger partial charge in [-0.1, -0.05) is 32.0 Å². The van der Waals surface area contributed by atoms with E-state index in [4.69, 9.17) is 0 Å². The van der Waals surface area contributed by atoms with E-state index in [-0.39, 0.29) is 35.9 Å². The van der Waals surface area contributed by atoms with E-state index in [0.29, 0.717) is 31.6 Å². The normalized spacial score (nSPS) is 20.2. The molecule has 2 N–H and O–H groups in total. The van der Waals surface area contributed by atoms with Gasteiger partial charge in [0.05, 0.1) is 5.69 Å². The minimum Gasteiger partial charge on any atom is -0.480 e. The summed E-state index contributed by atoms with van der Waals surface area (Å²) in [6, 6.07) is 8.03. The summed E-state index contributed by atoms with van der Waals surface area (Å²) in [5.74, 6) is -1.25. The highest BCUT2D eigenvalue weighted by Gasteiger charge is 2.37. The summed E-state index contributed by atoms with van der Waals surface area (Å²) in [7, 11) is 0. The molecule has 1 unspecified atom stereocenters. The van der Waals surface area contributed by atoms with Crippen molar-refractivity contribution in [3.05, 3.63) is 30.3 Å². The van der Waals surface area contributed by atoms with Crippen molar-refractivity contribution < 1.29 is 19.5 Å². The number of benzene rings is 1. The summed E-state index contributed by atoms with van der Waals surface area (Å²) in [5.41, 5.74) is 0.857. The summed E-state index contributed by atoms with van der Waals surface area (Å²) in [5, 5.41) is 18.1. The molecule has 0 radical (unpaired) electrons. The molecule has 0 saturated carbocycles. The van der Waals surface area contributed by atoms with Gasteiger partial charge < -0.3 is 15.3 Å². The lowest BCUT2D eigenvalue weighted by Crippen LogP contribution is -2.48. The van der Waals surface area contributed by atoms with E-state index in [9.17, 15) is 19.5 Å². The summed E-state index contributed by atoms with van der Waals surface area (Å²) >= 11 is 0. The van der Waals surface area contributed by atoms with Crippen LogP contribution >= 0.6 is 0 Å². The minimum atomic E-state index is -1.02. The Morgan fingerprint density at radius 3 is 2.36 bits per heavy atom. The maximum absolute atomic E-state index is 12.6. The number of aliphatic carboxylic acids is 1. The van der Waals surface area contributed by atoms with E-state index in [1.165, 1.54) is 5.01 Å². The van der Waals surface area contributed by atoms with Crippen molar-refractivity contribution in [3.63, 3.8) is 0 Å². The van der Waals surface area contributed by atoms with Crippen LogP contribution in [-0.4, -0.2) is 58.7 Å². The Morgan fingerprint density at radius 1 is 1.14 bits per heavy atom. The molecular formula is C20H26N4O4. The number of anilines is 1. The fraction of sp³-hybridized carbons (Fsp3) is 0.500. The van der Waals surface area contributed by atoms with Crippen molar-refractivity contribution in [2.24, 2.45) is 11.0 Å². The van der Waals surface area contributed by atoms with Gasteiger partial charge in [0.1, 0.15) is 5.71 Å². The first-order chi connectivity index (χ1) is 13.4. The molecule has 8 heteroatoms. The number of hydrogen-bond donors (Lipinski definition) is 2. The lowest BCUT2D eigenvalue weighted by atomic mass is 10.0. The van der Waals surface area contributed by atoms with Crippen molar-refractivity contribution in [2.45, 2.75) is 45.2 Å². The van der Waals surface area contributed by atoms with Gasteiger partial charge in [-0.05, 0) is 25.0 Å². The molecule has 3 rings (SSSR count). The van der Waals surface area contributed by atoms with Crippen LogP contribution in [0.5, 0.6) is 0 Å². The van der Waals surface area contributed by atoms with Crippen LogP contribution in [0.2, 0.25) is 0 Å². The van der Waals surface area contributed by atoms with Crippen LogP contribution in [0.4, 0.5) is 5.69 Å². The van der Waals surface area contributed by atoms with Crippen molar-refractivity contribution in [1.29, 1.82) is 0 Å². The molecule has 2 aliphatic rings.